The van der Waals surface area contributed by atoms with E-state index in [1.165, 1.54) is 22.3 Å². The minimum Gasteiger partial charge on any atom is -0.370 e. The molecule has 0 saturated carbocycles. The molecule has 1 saturated heterocycles. The molecule has 2 heterocycles. The highest BCUT2D eigenvalue weighted by atomic mass is 16.5. The summed E-state index contributed by atoms with van der Waals surface area (Å²) in [5, 5.41) is 7.50. The number of rotatable bonds is 4. The lowest BCUT2D eigenvalue weighted by Gasteiger charge is -2.35. The zero-order chi connectivity index (χ0) is 19.4. The molecule has 0 bridgehead atoms. The van der Waals surface area contributed by atoms with E-state index in [4.69, 9.17) is 9.26 Å². The average Bonchev–Trinajstić information content (AvgIpc) is 2.97. The largest absolute Gasteiger partial charge is 0.370 e. The molecule has 6 heteroatoms. The maximum Gasteiger partial charge on any atom is 0.193 e. The summed E-state index contributed by atoms with van der Waals surface area (Å²) >= 11 is 0. The summed E-state index contributed by atoms with van der Waals surface area (Å²) in [6.45, 7) is 11.3. The number of hydrogen-bond acceptors (Lipinski definition) is 4. The molecule has 6 nitrogen and oxygen atoms in total. The molecule has 1 aromatic carbocycles. The number of ether oxygens (including phenoxy) is 1. The van der Waals surface area contributed by atoms with Crippen LogP contribution in [0.3, 0.4) is 0 Å². The second-order valence-corrected chi connectivity index (χ2v) is 7.19. The average molecular weight is 370 g/mol. The van der Waals surface area contributed by atoms with Gasteiger partial charge in [0.2, 0.25) is 0 Å². The number of aliphatic imine (C=N–C) groups is 1. The fourth-order valence-electron chi connectivity index (χ4n) is 3.71. The number of aromatic nitrogens is 1. The zero-order valence-corrected chi connectivity index (χ0v) is 17.0. The molecule has 0 spiro atoms. The van der Waals surface area contributed by atoms with Crippen LogP contribution in [0.2, 0.25) is 0 Å². The standard InChI is InChI=1S/C21H30N4O2/c1-14-6-7-18(15(2)12-14)20-13-25(10-11-26-20)21(22-5)23-9-8-19-16(3)24-27-17(19)4/h6-7,12,20H,8-11,13H2,1-5H3,(H,22,23). The van der Waals surface area contributed by atoms with E-state index in [2.05, 4.69) is 52.4 Å². The van der Waals surface area contributed by atoms with Gasteiger partial charge in [0, 0.05) is 25.7 Å². The van der Waals surface area contributed by atoms with E-state index in [1.807, 2.05) is 20.9 Å². The van der Waals surface area contributed by atoms with Gasteiger partial charge in [0.15, 0.2) is 5.96 Å². The summed E-state index contributed by atoms with van der Waals surface area (Å²) in [5.41, 5.74) is 5.96. The molecule has 2 aromatic rings. The molecule has 1 aromatic heterocycles. The molecular formula is C21H30N4O2. The van der Waals surface area contributed by atoms with Crippen molar-refractivity contribution in [2.75, 3.05) is 33.3 Å². The van der Waals surface area contributed by atoms with Gasteiger partial charge in [0.25, 0.3) is 0 Å². The van der Waals surface area contributed by atoms with Gasteiger partial charge >= 0.3 is 0 Å². The lowest BCUT2D eigenvalue weighted by molar-refractivity contribution is -0.00830. The van der Waals surface area contributed by atoms with Gasteiger partial charge in [-0.05, 0) is 45.2 Å². The van der Waals surface area contributed by atoms with Crippen molar-refractivity contribution in [2.24, 2.45) is 4.99 Å². The van der Waals surface area contributed by atoms with Crippen molar-refractivity contribution in [1.29, 1.82) is 0 Å². The van der Waals surface area contributed by atoms with Crippen molar-refractivity contribution < 1.29 is 9.26 Å². The topological polar surface area (TPSA) is 62.9 Å². The first-order valence-electron chi connectivity index (χ1n) is 9.55. The summed E-state index contributed by atoms with van der Waals surface area (Å²) in [5.74, 6) is 1.81. The smallest absolute Gasteiger partial charge is 0.193 e. The first kappa shape index (κ1) is 19.4. The van der Waals surface area contributed by atoms with Gasteiger partial charge in [-0.2, -0.15) is 0 Å². The predicted molar refractivity (Wildman–Crippen MR) is 107 cm³/mol. The van der Waals surface area contributed by atoms with Crippen LogP contribution in [0.4, 0.5) is 0 Å². The highest BCUT2D eigenvalue weighted by molar-refractivity contribution is 5.80. The van der Waals surface area contributed by atoms with Gasteiger partial charge in [0.05, 0.1) is 18.8 Å². The van der Waals surface area contributed by atoms with Crippen LogP contribution in [0.25, 0.3) is 0 Å². The molecular weight excluding hydrogens is 340 g/mol. The van der Waals surface area contributed by atoms with Crippen molar-refractivity contribution in [3.05, 3.63) is 51.9 Å². The summed E-state index contributed by atoms with van der Waals surface area (Å²) in [6, 6.07) is 6.56. The van der Waals surface area contributed by atoms with Crippen molar-refractivity contribution in [3.8, 4) is 0 Å². The molecule has 1 atom stereocenters. The maximum absolute atomic E-state index is 6.06. The summed E-state index contributed by atoms with van der Waals surface area (Å²) in [6.07, 6.45) is 0.936. The van der Waals surface area contributed by atoms with Crippen LogP contribution >= 0.6 is 0 Å². The quantitative estimate of drug-likeness (QED) is 0.662. The normalized spacial score (nSPS) is 18.0. The predicted octanol–water partition coefficient (Wildman–Crippen LogP) is 3.10. The molecule has 0 radical (unpaired) electrons. The van der Waals surface area contributed by atoms with E-state index in [1.54, 1.807) is 0 Å². The summed E-state index contributed by atoms with van der Waals surface area (Å²) < 4.78 is 11.3. The highest BCUT2D eigenvalue weighted by Crippen LogP contribution is 2.26. The second kappa shape index (κ2) is 8.57. The van der Waals surface area contributed by atoms with Gasteiger partial charge in [-0.1, -0.05) is 28.9 Å². The van der Waals surface area contributed by atoms with Gasteiger partial charge in [-0.15, -0.1) is 0 Å². The van der Waals surface area contributed by atoms with Gasteiger partial charge in [0.1, 0.15) is 11.9 Å². The number of nitrogens with one attached hydrogen (secondary N) is 1. The molecule has 0 aliphatic carbocycles. The Morgan fingerprint density at radius 3 is 2.78 bits per heavy atom. The Labute approximate surface area is 161 Å². The van der Waals surface area contributed by atoms with Gasteiger partial charge in [-0.25, -0.2) is 0 Å². The summed E-state index contributed by atoms with van der Waals surface area (Å²) in [7, 11) is 1.83. The molecule has 3 rings (SSSR count). The zero-order valence-electron chi connectivity index (χ0n) is 17.0. The van der Waals surface area contributed by atoms with Crippen LogP contribution < -0.4 is 5.32 Å². The Kier molecular flexibility index (Phi) is 6.16. The SMILES string of the molecule is CN=C(NCCc1c(C)noc1C)N1CCOC(c2ccc(C)cc2C)C1. The third kappa shape index (κ3) is 4.50. The van der Waals surface area contributed by atoms with Crippen molar-refractivity contribution in [1.82, 2.24) is 15.4 Å². The fourth-order valence-corrected chi connectivity index (χ4v) is 3.71. The molecule has 27 heavy (non-hydrogen) atoms. The van der Waals surface area contributed by atoms with E-state index in [0.717, 1.165) is 43.5 Å². The van der Waals surface area contributed by atoms with Crippen LogP contribution in [0.15, 0.2) is 27.7 Å². The molecule has 1 unspecified atom stereocenters. The molecule has 1 fully saturated rings. The van der Waals surface area contributed by atoms with E-state index >= 15 is 0 Å². The Bertz CT molecular complexity index is 793. The number of hydrogen-bond donors (Lipinski definition) is 1. The lowest BCUT2D eigenvalue weighted by atomic mass is 10.00. The molecule has 146 valence electrons. The second-order valence-electron chi connectivity index (χ2n) is 7.19. The third-order valence-electron chi connectivity index (χ3n) is 5.19. The third-order valence-corrected chi connectivity index (χ3v) is 5.19. The Hall–Kier alpha value is -2.34. The minimum atomic E-state index is 0.0699. The van der Waals surface area contributed by atoms with Gasteiger partial charge in [-0.3, -0.25) is 4.99 Å². The monoisotopic (exact) mass is 370 g/mol. The molecule has 1 aliphatic rings. The van der Waals surface area contributed by atoms with E-state index in [0.29, 0.717) is 6.61 Å². The van der Waals surface area contributed by atoms with E-state index in [-0.39, 0.29) is 6.10 Å². The molecule has 1 aliphatic heterocycles. The number of guanidine groups is 1. The summed E-state index contributed by atoms with van der Waals surface area (Å²) in [4.78, 5) is 6.76. The number of morpholine rings is 1. The fraction of sp³-hybridized carbons (Fsp3) is 0.524. The van der Waals surface area contributed by atoms with E-state index in [9.17, 15) is 0 Å². The van der Waals surface area contributed by atoms with Crippen molar-refractivity contribution in [3.63, 3.8) is 0 Å². The van der Waals surface area contributed by atoms with E-state index < -0.39 is 0 Å². The Morgan fingerprint density at radius 1 is 1.30 bits per heavy atom. The van der Waals surface area contributed by atoms with Crippen LogP contribution in [0.1, 0.15) is 39.8 Å². The first-order chi connectivity index (χ1) is 13.0. The minimum absolute atomic E-state index is 0.0699. The molecule has 1 N–H and O–H groups in total. The van der Waals surface area contributed by atoms with Crippen LogP contribution in [0.5, 0.6) is 0 Å². The van der Waals surface area contributed by atoms with Crippen LogP contribution in [0, 0.1) is 27.7 Å². The van der Waals surface area contributed by atoms with Crippen molar-refractivity contribution >= 4 is 5.96 Å². The highest BCUT2D eigenvalue weighted by Gasteiger charge is 2.25. The van der Waals surface area contributed by atoms with Gasteiger partial charge < -0.3 is 19.5 Å². The number of aryl methyl sites for hydroxylation is 4. The lowest BCUT2D eigenvalue weighted by Crippen LogP contribution is -2.48. The molecule has 0 amide bonds. The van der Waals surface area contributed by atoms with Crippen LogP contribution in [-0.4, -0.2) is 49.3 Å². The number of nitrogens with zero attached hydrogens (tertiary/aromatic N) is 3. The Morgan fingerprint density at radius 2 is 2.11 bits per heavy atom. The first-order valence-corrected chi connectivity index (χ1v) is 9.55. The Balaban J connectivity index is 1.61. The maximum atomic E-state index is 6.06. The number of benzene rings is 1. The van der Waals surface area contributed by atoms with Crippen molar-refractivity contribution in [2.45, 2.75) is 40.2 Å². The van der Waals surface area contributed by atoms with Crippen LogP contribution in [-0.2, 0) is 11.2 Å².